The molecule has 0 saturated heterocycles. The summed E-state index contributed by atoms with van der Waals surface area (Å²) in [5, 5.41) is 12.5. The summed E-state index contributed by atoms with van der Waals surface area (Å²) in [6.07, 6.45) is 1.68. The van der Waals surface area contributed by atoms with E-state index in [2.05, 4.69) is 10.1 Å². The number of carboxylic acid groups (broad SMARTS) is 1. The van der Waals surface area contributed by atoms with Crippen molar-refractivity contribution in [2.24, 2.45) is 0 Å². The van der Waals surface area contributed by atoms with Crippen LogP contribution in [0, 0.1) is 0 Å². The second-order valence-electron chi connectivity index (χ2n) is 7.69. The van der Waals surface area contributed by atoms with E-state index >= 15 is 0 Å². The minimum absolute atomic E-state index is 0.282. The molecular formula is C26H22ClN3O7S. The smallest absolute Gasteiger partial charge is 0.300 e. The van der Waals surface area contributed by atoms with E-state index in [0.29, 0.717) is 54.7 Å². The van der Waals surface area contributed by atoms with Crippen molar-refractivity contribution < 1.29 is 28.5 Å². The van der Waals surface area contributed by atoms with Crippen molar-refractivity contribution in [3.05, 3.63) is 74.2 Å². The van der Waals surface area contributed by atoms with Gasteiger partial charge >= 0.3 is 0 Å². The van der Waals surface area contributed by atoms with Crippen LogP contribution in [0.1, 0.15) is 12.7 Å². The van der Waals surface area contributed by atoms with Gasteiger partial charge in [0, 0.05) is 29.1 Å². The zero-order chi connectivity index (χ0) is 27.4. The van der Waals surface area contributed by atoms with Crippen LogP contribution in [0.4, 0.5) is 0 Å². The Kier molecular flexibility index (Phi) is 7.99. The SMILES string of the molecule is CC(=O)O.COc1cc(-c2nc3s/c(=C\c4ccc(-c5ccc(Cl)cc5)o4)c(=O)n3n2)cc(OC)c1OC. The number of aliphatic carboxylic acids is 1. The molecule has 0 aliphatic carbocycles. The molecule has 3 aromatic heterocycles. The lowest BCUT2D eigenvalue weighted by atomic mass is 10.1. The van der Waals surface area contributed by atoms with Gasteiger partial charge in [-0.15, -0.1) is 5.10 Å². The van der Waals surface area contributed by atoms with Gasteiger partial charge in [0.1, 0.15) is 16.1 Å². The van der Waals surface area contributed by atoms with Crippen LogP contribution >= 0.6 is 22.9 Å². The van der Waals surface area contributed by atoms with Crippen molar-refractivity contribution in [1.29, 1.82) is 0 Å². The van der Waals surface area contributed by atoms with Crippen LogP contribution in [0.2, 0.25) is 5.02 Å². The number of furan rings is 1. The van der Waals surface area contributed by atoms with E-state index in [1.165, 1.54) is 37.2 Å². The Morgan fingerprint density at radius 3 is 2.21 bits per heavy atom. The molecule has 0 fully saturated rings. The number of halogens is 1. The highest BCUT2D eigenvalue weighted by Gasteiger charge is 2.18. The number of fused-ring (bicyclic) bond motifs is 1. The Bertz CT molecular complexity index is 1680. The average Bonchev–Trinajstić information content (AvgIpc) is 3.60. The fraction of sp³-hybridized carbons (Fsp3) is 0.154. The van der Waals surface area contributed by atoms with Gasteiger partial charge in [0.2, 0.25) is 10.7 Å². The quantitative estimate of drug-likeness (QED) is 0.324. The van der Waals surface area contributed by atoms with Crippen LogP contribution in [-0.2, 0) is 4.79 Å². The van der Waals surface area contributed by atoms with Crippen LogP contribution in [0.5, 0.6) is 17.2 Å². The summed E-state index contributed by atoms with van der Waals surface area (Å²) in [5.74, 6) is 2.18. The molecule has 196 valence electrons. The van der Waals surface area contributed by atoms with E-state index in [1.54, 1.807) is 36.4 Å². The van der Waals surface area contributed by atoms with Crippen molar-refractivity contribution in [3.63, 3.8) is 0 Å². The van der Waals surface area contributed by atoms with Crippen LogP contribution in [-0.4, -0.2) is 47.0 Å². The molecule has 0 unspecified atom stereocenters. The van der Waals surface area contributed by atoms with Gasteiger partial charge in [0.05, 0.1) is 21.3 Å². The van der Waals surface area contributed by atoms with E-state index in [4.69, 9.17) is 40.1 Å². The highest BCUT2D eigenvalue weighted by Crippen LogP contribution is 2.40. The Balaban J connectivity index is 0.000000786. The number of carbonyl (C=O) groups is 1. The summed E-state index contributed by atoms with van der Waals surface area (Å²) in [5.41, 5.74) is 1.24. The van der Waals surface area contributed by atoms with Crippen molar-refractivity contribution >= 4 is 39.9 Å². The number of carboxylic acids is 1. The topological polar surface area (TPSA) is 125 Å². The molecule has 0 radical (unpaired) electrons. The molecule has 0 aliphatic heterocycles. The summed E-state index contributed by atoms with van der Waals surface area (Å²) < 4.78 is 23.8. The van der Waals surface area contributed by atoms with E-state index in [0.717, 1.165) is 12.5 Å². The number of ether oxygens (including phenoxy) is 3. The molecule has 0 aliphatic rings. The van der Waals surface area contributed by atoms with Crippen molar-refractivity contribution in [2.45, 2.75) is 6.92 Å². The van der Waals surface area contributed by atoms with Crippen molar-refractivity contribution in [1.82, 2.24) is 14.6 Å². The lowest BCUT2D eigenvalue weighted by Crippen LogP contribution is -2.23. The zero-order valence-electron chi connectivity index (χ0n) is 20.7. The van der Waals surface area contributed by atoms with Gasteiger partial charge in [-0.2, -0.15) is 9.50 Å². The maximum absolute atomic E-state index is 13.0. The van der Waals surface area contributed by atoms with E-state index < -0.39 is 5.97 Å². The molecule has 3 heterocycles. The fourth-order valence-corrected chi connectivity index (χ4v) is 4.51. The molecular weight excluding hydrogens is 534 g/mol. The van der Waals surface area contributed by atoms with Crippen molar-refractivity contribution in [3.8, 4) is 40.0 Å². The predicted molar refractivity (Wildman–Crippen MR) is 143 cm³/mol. The number of thiazole rings is 1. The van der Waals surface area contributed by atoms with Gasteiger partial charge < -0.3 is 23.7 Å². The Morgan fingerprint density at radius 1 is 1.03 bits per heavy atom. The van der Waals surface area contributed by atoms with E-state index in [9.17, 15) is 4.79 Å². The summed E-state index contributed by atoms with van der Waals surface area (Å²) >= 11 is 7.17. The number of benzene rings is 2. The average molecular weight is 556 g/mol. The molecule has 0 atom stereocenters. The number of nitrogens with zero attached hydrogens (tertiary/aromatic N) is 3. The normalized spacial score (nSPS) is 11.2. The monoisotopic (exact) mass is 555 g/mol. The molecule has 38 heavy (non-hydrogen) atoms. The largest absolute Gasteiger partial charge is 0.493 e. The first-order valence-corrected chi connectivity index (χ1v) is 12.2. The van der Waals surface area contributed by atoms with Crippen LogP contribution < -0.4 is 24.3 Å². The first-order chi connectivity index (χ1) is 18.2. The van der Waals surface area contributed by atoms with Gasteiger partial charge in [-0.05, 0) is 48.5 Å². The number of methoxy groups -OCH3 is 3. The molecule has 5 rings (SSSR count). The maximum Gasteiger partial charge on any atom is 0.300 e. The molecule has 5 aromatic rings. The lowest BCUT2D eigenvalue weighted by Gasteiger charge is -2.12. The highest BCUT2D eigenvalue weighted by atomic mass is 35.5. The first kappa shape index (κ1) is 26.7. The summed E-state index contributed by atoms with van der Waals surface area (Å²) in [6, 6.07) is 14.5. The van der Waals surface area contributed by atoms with Crippen molar-refractivity contribution in [2.75, 3.05) is 21.3 Å². The second kappa shape index (κ2) is 11.4. The minimum Gasteiger partial charge on any atom is -0.493 e. The standard InChI is InChI=1S/C24H18ClN3O5S.C2H4O2/c1-30-18-10-14(11-19(31-2)21(18)32-3)22-26-24-28(27-22)23(29)20(34-24)12-16-8-9-17(33-16)13-4-6-15(25)7-5-13;1-2(3)4/h4-12H,1-3H3;1H3,(H,3,4)/b20-12-;. The molecule has 12 heteroatoms. The third kappa shape index (κ3) is 5.63. The maximum atomic E-state index is 13.0. The number of hydrogen-bond acceptors (Lipinski definition) is 9. The molecule has 2 aromatic carbocycles. The second-order valence-corrected chi connectivity index (χ2v) is 9.13. The third-order valence-corrected chi connectivity index (χ3v) is 6.34. The third-order valence-electron chi connectivity index (χ3n) is 5.13. The molecule has 10 nitrogen and oxygen atoms in total. The van der Waals surface area contributed by atoms with Gasteiger partial charge in [-0.25, -0.2) is 0 Å². The van der Waals surface area contributed by atoms with E-state index in [1.807, 2.05) is 18.2 Å². The molecule has 0 amide bonds. The number of aromatic nitrogens is 3. The van der Waals surface area contributed by atoms with E-state index in [-0.39, 0.29) is 5.56 Å². The first-order valence-electron chi connectivity index (χ1n) is 11.0. The van der Waals surface area contributed by atoms with Gasteiger partial charge in [-0.1, -0.05) is 22.9 Å². The lowest BCUT2D eigenvalue weighted by molar-refractivity contribution is -0.134. The highest BCUT2D eigenvalue weighted by molar-refractivity contribution is 7.15. The van der Waals surface area contributed by atoms with Crippen LogP contribution in [0.25, 0.3) is 33.7 Å². The zero-order valence-corrected chi connectivity index (χ0v) is 22.3. The van der Waals surface area contributed by atoms with Crippen LogP contribution in [0.15, 0.2) is 57.7 Å². The summed E-state index contributed by atoms with van der Waals surface area (Å²) in [6.45, 7) is 1.08. The minimum atomic E-state index is -0.833. The summed E-state index contributed by atoms with van der Waals surface area (Å²) in [4.78, 5) is 26.9. The van der Waals surface area contributed by atoms with Gasteiger partial charge in [-0.3, -0.25) is 9.59 Å². The predicted octanol–water partition coefficient (Wildman–Crippen LogP) is 4.40. The van der Waals surface area contributed by atoms with Crippen LogP contribution in [0.3, 0.4) is 0 Å². The number of rotatable bonds is 6. The summed E-state index contributed by atoms with van der Waals surface area (Å²) in [7, 11) is 4.60. The molecule has 0 bridgehead atoms. The Morgan fingerprint density at radius 2 is 1.66 bits per heavy atom. The van der Waals surface area contributed by atoms with Gasteiger partial charge in [0.15, 0.2) is 17.3 Å². The fourth-order valence-electron chi connectivity index (χ4n) is 3.50. The Labute approximate surface area is 225 Å². The molecule has 0 saturated carbocycles. The number of hydrogen-bond donors (Lipinski definition) is 1. The van der Waals surface area contributed by atoms with Gasteiger partial charge in [0.25, 0.3) is 11.5 Å². The Hall–Kier alpha value is -4.35. The molecule has 1 N–H and O–H groups in total. The molecule has 0 spiro atoms.